The van der Waals surface area contributed by atoms with Crippen LogP contribution in [-0.2, 0) is 0 Å². The second kappa shape index (κ2) is 12.8. The Labute approximate surface area is 139 Å². The summed E-state index contributed by atoms with van der Waals surface area (Å²) in [5, 5.41) is 0. The fraction of sp³-hybridized carbons (Fsp3) is 0.900. The van der Waals surface area contributed by atoms with E-state index < -0.39 is 0 Å². The first-order valence-corrected chi connectivity index (χ1v) is 9.99. The third-order valence-electron chi connectivity index (χ3n) is 4.95. The SMILES string of the molecule is CCCCCCCCCCCCN1C=CN(CCCC)C1C. The minimum absolute atomic E-state index is 0.574. The molecule has 0 saturated carbocycles. The van der Waals surface area contributed by atoms with E-state index in [0.717, 1.165) is 0 Å². The molecule has 130 valence electrons. The zero-order valence-corrected chi connectivity index (χ0v) is 15.5. The van der Waals surface area contributed by atoms with Gasteiger partial charge in [0.1, 0.15) is 0 Å². The Morgan fingerprint density at radius 3 is 1.50 bits per heavy atom. The minimum Gasteiger partial charge on any atom is -0.356 e. The lowest BCUT2D eigenvalue weighted by Gasteiger charge is -2.29. The molecular weight excluding hydrogens is 268 g/mol. The Bertz CT molecular complexity index is 275. The van der Waals surface area contributed by atoms with Gasteiger partial charge in [-0.25, -0.2) is 0 Å². The van der Waals surface area contributed by atoms with Crippen molar-refractivity contribution in [1.29, 1.82) is 0 Å². The van der Waals surface area contributed by atoms with E-state index in [2.05, 4.69) is 43.0 Å². The van der Waals surface area contributed by atoms with Gasteiger partial charge in [-0.1, -0.05) is 78.1 Å². The maximum absolute atomic E-state index is 2.51. The second-order valence-corrected chi connectivity index (χ2v) is 6.94. The third-order valence-corrected chi connectivity index (χ3v) is 4.95. The Morgan fingerprint density at radius 2 is 1.00 bits per heavy atom. The van der Waals surface area contributed by atoms with Crippen molar-refractivity contribution >= 4 is 0 Å². The van der Waals surface area contributed by atoms with E-state index in [4.69, 9.17) is 0 Å². The molecule has 0 aliphatic carbocycles. The molecule has 0 aromatic carbocycles. The summed E-state index contributed by atoms with van der Waals surface area (Å²) in [5.74, 6) is 0. The first-order chi connectivity index (χ1) is 10.8. The van der Waals surface area contributed by atoms with Crippen molar-refractivity contribution in [2.45, 2.75) is 104 Å². The van der Waals surface area contributed by atoms with E-state index in [-0.39, 0.29) is 0 Å². The Balaban J connectivity index is 1.92. The molecule has 1 heterocycles. The summed E-state index contributed by atoms with van der Waals surface area (Å²) in [7, 11) is 0. The van der Waals surface area contributed by atoms with Crippen LogP contribution >= 0.6 is 0 Å². The topological polar surface area (TPSA) is 6.48 Å². The van der Waals surface area contributed by atoms with Gasteiger partial charge in [0.2, 0.25) is 0 Å². The molecule has 1 unspecified atom stereocenters. The van der Waals surface area contributed by atoms with Crippen molar-refractivity contribution < 1.29 is 0 Å². The maximum Gasteiger partial charge on any atom is 0.0977 e. The normalized spacial score (nSPS) is 17.7. The number of unbranched alkanes of at least 4 members (excludes halogenated alkanes) is 10. The van der Waals surface area contributed by atoms with E-state index in [9.17, 15) is 0 Å². The molecule has 1 aliphatic rings. The Hall–Kier alpha value is -0.660. The van der Waals surface area contributed by atoms with E-state index in [1.54, 1.807) is 0 Å². The standard InChI is InChI=1S/C20H40N2/c1-4-6-8-9-10-11-12-13-14-15-17-22-19-18-21(20(22)3)16-7-5-2/h18-20H,4-17H2,1-3H3. The molecule has 0 bridgehead atoms. The summed E-state index contributed by atoms with van der Waals surface area (Å²) in [4.78, 5) is 5.00. The summed E-state index contributed by atoms with van der Waals surface area (Å²) in [6.45, 7) is 9.34. The monoisotopic (exact) mass is 308 g/mol. The molecule has 1 atom stereocenters. The van der Waals surface area contributed by atoms with Crippen LogP contribution in [0.3, 0.4) is 0 Å². The summed E-state index contributed by atoms with van der Waals surface area (Å²) in [6.07, 6.45) is 22.0. The van der Waals surface area contributed by atoms with Gasteiger partial charge < -0.3 is 9.80 Å². The van der Waals surface area contributed by atoms with E-state index >= 15 is 0 Å². The molecule has 1 aliphatic heterocycles. The van der Waals surface area contributed by atoms with Crippen LogP contribution in [0.4, 0.5) is 0 Å². The average Bonchev–Trinajstić information content (AvgIpc) is 2.87. The highest BCUT2D eigenvalue weighted by molar-refractivity contribution is 4.95. The highest BCUT2D eigenvalue weighted by Gasteiger charge is 2.20. The quantitative estimate of drug-likeness (QED) is 0.355. The maximum atomic E-state index is 2.51. The van der Waals surface area contributed by atoms with Crippen LogP contribution in [0, 0.1) is 0 Å². The van der Waals surface area contributed by atoms with E-state index in [0.29, 0.717) is 6.17 Å². The highest BCUT2D eigenvalue weighted by Crippen LogP contribution is 2.17. The van der Waals surface area contributed by atoms with Crippen molar-refractivity contribution in [3.05, 3.63) is 12.4 Å². The zero-order valence-electron chi connectivity index (χ0n) is 15.5. The van der Waals surface area contributed by atoms with Crippen LogP contribution in [0.5, 0.6) is 0 Å². The fourth-order valence-electron chi connectivity index (χ4n) is 3.26. The van der Waals surface area contributed by atoms with Crippen LogP contribution in [0.2, 0.25) is 0 Å². The average molecular weight is 309 g/mol. The number of hydrogen-bond acceptors (Lipinski definition) is 2. The van der Waals surface area contributed by atoms with Gasteiger partial charge in [-0.2, -0.15) is 0 Å². The van der Waals surface area contributed by atoms with Crippen molar-refractivity contribution in [3.63, 3.8) is 0 Å². The predicted octanol–water partition coefficient (Wildman–Crippen LogP) is 6.14. The van der Waals surface area contributed by atoms with Crippen LogP contribution in [0.25, 0.3) is 0 Å². The summed E-state index contributed by atoms with van der Waals surface area (Å²) in [5.41, 5.74) is 0. The number of rotatable bonds is 14. The van der Waals surface area contributed by atoms with Gasteiger partial charge in [-0.15, -0.1) is 0 Å². The predicted molar refractivity (Wildman–Crippen MR) is 98.8 cm³/mol. The lowest BCUT2D eigenvalue weighted by Crippen LogP contribution is -2.36. The van der Waals surface area contributed by atoms with Crippen LogP contribution in [-0.4, -0.2) is 29.1 Å². The minimum atomic E-state index is 0.574. The van der Waals surface area contributed by atoms with Gasteiger partial charge in [0, 0.05) is 25.5 Å². The van der Waals surface area contributed by atoms with Gasteiger partial charge in [-0.05, 0) is 19.8 Å². The van der Waals surface area contributed by atoms with Crippen LogP contribution < -0.4 is 0 Å². The second-order valence-electron chi connectivity index (χ2n) is 6.94. The van der Waals surface area contributed by atoms with Gasteiger partial charge >= 0.3 is 0 Å². The molecule has 0 radical (unpaired) electrons. The first kappa shape index (κ1) is 19.4. The van der Waals surface area contributed by atoms with Crippen LogP contribution in [0.15, 0.2) is 12.4 Å². The van der Waals surface area contributed by atoms with E-state index in [1.807, 2.05) is 0 Å². The van der Waals surface area contributed by atoms with E-state index in [1.165, 1.54) is 90.1 Å². The van der Waals surface area contributed by atoms with Crippen LogP contribution in [0.1, 0.15) is 97.8 Å². The fourth-order valence-corrected chi connectivity index (χ4v) is 3.26. The molecular formula is C20H40N2. The number of hydrogen-bond donors (Lipinski definition) is 0. The molecule has 0 saturated heterocycles. The van der Waals surface area contributed by atoms with Crippen molar-refractivity contribution in [2.75, 3.05) is 13.1 Å². The molecule has 0 aromatic rings. The van der Waals surface area contributed by atoms with Crippen molar-refractivity contribution in [2.24, 2.45) is 0 Å². The van der Waals surface area contributed by atoms with Gasteiger partial charge in [0.15, 0.2) is 0 Å². The largest absolute Gasteiger partial charge is 0.356 e. The zero-order chi connectivity index (χ0) is 16.0. The summed E-state index contributed by atoms with van der Waals surface area (Å²) in [6, 6.07) is 0. The van der Waals surface area contributed by atoms with Gasteiger partial charge in [0.05, 0.1) is 6.17 Å². The van der Waals surface area contributed by atoms with Crippen molar-refractivity contribution in [1.82, 2.24) is 9.80 Å². The Kier molecular flexibility index (Phi) is 11.3. The summed E-state index contributed by atoms with van der Waals surface area (Å²) >= 11 is 0. The Morgan fingerprint density at radius 1 is 0.591 bits per heavy atom. The smallest absolute Gasteiger partial charge is 0.0977 e. The third kappa shape index (κ3) is 8.10. The molecule has 0 fully saturated rings. The van der Waals surface area contributed by atoms with Gasteiger partial charge in [0.25, 0.3) is 0 Å². The summed E-state index contributed by atoms with van der Waals surface area (Å²) < 4.78 is 0. The first-order valence-electron chi connectivity index (χ1n) is 9.99. The van der Waals surface area contributed by atoms with Crippen molar-refractivity contribution in [3.8, 4) is 0 Å². The molecule has 0 amide bonds. The highest BCUT2D eigenvalue weighted by atomic mass is 15.4. The molecule has 22 heavy (non-hydrogen) atoms. The molecule has 1 rings (SSSR count). The lowest BCUT2D eigenvalue weighted by molar-refractivity contribution is 0.166. The molecule has 2 heteroatoms. The molecule has 0 aromatic heterocycles. The van der Waals surface area contributed by atoms with Gasteiger partial charge in [-0.3, -0.25) is 0 Å². The number of nitrogens with zero attached hydrogens (tertiary/aromatic N) is 2. The molecule has 0 N–H and O–H groups in total. The lowest BCUT2D eigenvalue weighted by atomic mass is 10.1. The molecule has 0 spiro atoms. The molecule has 2 nitrogen and oxygen atoms in total.